The van der Waals surface area contributed by atoms with Crippen LogP contribution in [0, 0.1) is 17.3 Å². The third-order valence-corrected chi connectivity index (χ3v) is 10.5. The topological polar surface area (TPSA) is 140 Å². The lowest BCUT2D eigenvalue weighted by molar-refractivity contribution is -0.151. The Morgan fingerprint density at radius 1 is 1.16 bits per heavy atom. The van der Waals surface area contributed by atoms with Gasteiger partial charge < -0.3 is 29.5 Å². The summed E-state index contributed by atoms with van der Waals surface area (Å²) in [7, 11) is 1.59. The Morgan fingerprint density at radius 2 is 1.95 bits per heavy atom. The molecule has 4 aliphatic rings. The number of benzene rings is 1. The zero-order valence-corrected chi connectivity index (χ0v) is 26.6. The molecule has 0 spiro atoms. The Hall–Kier alpha value is -3.28. The number of carboxylic acids is 1. The molecule has 238 valence electrons. The number of rotatable bonds is 5. The summed E-state index contributed by atoms with van der Waals surface area (Å²) >= 11 is 1.82. The number of nitrogens with zero attached hydrogens (tertiary/aromatic N) is 3. The average Bonchev–Trinajstić information content (AvgIpc) is 3.90. The van der Waals surface area contributed by atoms with Gasteiger partial charge in [0.2, 0.25) is 11.8 Å². The Balaban J connectivity index is 1.35. The van der Waals surface area contributed by atoms with Crippen LogP contribution in [0.2, 0.25) is 0 Å². The number of amides is 2. The molecular formula is C32H42N4O7S. The van der Waals surface area contributed by atoms with E-state index in [0.717, 1.165) is 43.4 Å². The lowest BCUT2D eigenvalue weighted by Gasteiger charge is -2.37. The van der Waals surface area contributed by atoms with Crippen LogP contribution in [-0.2, 0) is 20.7 Å². The molecule has 1 saturated carbocycles. The minimum Gasteiger partial charge on any atom is -0.497 e. The largest absolute Gasteiger partial charge is 0.497 e. The van der Waals surface area contributed by atoms with E-state index in [9.17, 15) is 19.5 Å². The number of carboxylic acid groups (broad SMARTS) is 1. The molecule has 1 unspecified atom stereocenters. The number of aromatic nitrogens is 2. The van der Waals surface area contributed by atoms with Crippen molar-refractivity contribution in [2.24, 2.45) is 17.3 Å². The van der Waals surface area contributed by atoms with Gasteiger partial charge in [0.15, 0.2) is 0 Å². The van der Waals surface area contributed by atoms with Crippen molar-refractivity contribution in [3.63, 3.8) is 0 Å². The van der Waals surface area contributed by atoms with Crippen LogP contribution in [0.25, 0.3) is 11.0 Å². The maximum Gasteiger partial charge on any atom is 0.408 e. The first-order chi connectivity index (χ1) is 21.0. The maximum atomic E-state index is 14.3. The number of aliphatic carboxylic acids is 1. The van der Waals surface area contributed by atoms with Crippen LogP contribution in [-0.4, -0.2) is 86.9 Å². The summed E-state index contributed by atoms with van der Waals surface area (Å²) in [5.74, 6) is 0.224. The number of thioether (sulfide) groups is 1. The van der Waals surface area contributed by atoms with E-state index < -0.39 is 47.5 Å². The second-order valence-corrected chi connectivity index (χ2v) is 14.7. The minimum atomic E-state index is -1.13. The molecule has 3 fully saturated rings. The van der Waals surface area contributed by atoms with Crippen LogP contribution in [0.1, 0.15) is 65.0 Å². The van der Waals surface area contributed by atoms with Crippen LogP contribution in [0.4, 0.5) is 4.79 Å². The number of fused-ring (bicyclic) bond motifs is 5. The van der Waals surface area contributed by atoms with Crippen molar-refractivity contribution in [1.82, 2.24) is 20.2 Å². The second-order valence-electron chi connectivity index (χ2n) is 13.4. The summed E-state index contributed by atoms with van der Waals surface area (Å²) in [6.45, 7) is 5.73. The molecule has 4 heterocycles. The molecule has 11 nitrogen and oxygen atoms in total. The molecular weight excluding hydrogens is 584 g/mol. The lowest BCUT2D eigenvalue weighted by Crippen LogP contribution is -2.58. The highest BCUT2D eigenvalue weighted by atomic mass is 32.2. The van der Waals surface area contributed by atoms with E-state index >= 15 is 0 Å². The normalized spacial score (nSPS) is 31.0. The summed E-state index contributed by atoms with van der Waals surface area (Å²) in [5, 5.41) is 13.6. The highest BCUT2D eigenvalue weighted by molar-refractivity contribution is 8.06. The van der Waals surface area contributed by atoms with Gasteiger partial charge in [-0.15, -0.1) is 0 Å². The Labute approximate surface area is 261 Å². The van der Waals surface area contributed by atoms with Crippen molar-refractivity contribution in [3.8, 4) is 11.6 Å². The third-order valence-electron chi connectivity index (χ3n) is 9.55. The average molecular weight is 627 g/mol. The van der Waals surface area contributed by atoms with Gasteiger partial charge in [0.05, 0.1) is 24.7 Å². The van der Waals surface area contributed by atoms with Crippen molar-refractivity contribution >= 4 is 40.8 Å². The molecule has 2 amide bonds. The Kier molecular flexibility index (Phi) is 8.56. The van der Waals surface area contributed by atoms with Gasteiger partial charge in [-0.3, -0.25) is 4.79 Å². The predicted molar refractivity (Wildman–Crippen MR) is 165 cm³/mol. The number of carbonyl (C=O) groups excluding carboxylic acids is 2. The fourth-order valence-corrected chi connectivity index (χ4v) is 7.55. The summed E-state index contributed by atoms with van der Waals surface area (Å²) < 4.78 is 17.6. The summed E-state index contributed by atoms with van der Waals surface area (Å²) in [5.41, 5.74) is 1.42. The molecule has 44 heavy (non-hydrogen) atoms. The van der Waals surface area contributed by atoms with E-state index in [-0.39, 0.29) is 12.6 Å². The summed E-state index contributed by atoms with van der Waals surface area (Å²) in [4.78, 5) is 51.2. The molecule has 1 aromatic heterocycles. The molecule has 2 saturated heterocycles. The van der Waals surface area contributed by atoms with Crippen LogP contribution in [0.5, 0.6) is 11.6 Å². The van der Waals surface area contributed by atoms with E-state index in [0.29, 0.717) is 46.8 Å². The molecule has 3 aliphatic heterocycles. The lowest BCUT2D eigenvalue weighted by atomic mass is 9.79. The fourth-order valence-electron chi connectivity index (χ4n) is 6.75. The highest BCUT2D eigenvalue weighted by Gasteiger charge is 2.52. The number of carbonyl (C=O) groups is 3. The Bertz CT molecular complexity index is 1430. The van der Waals surface area contributed by atoms with E-state index in [2.05, 4.69) is 5.32 Å². The smallest absolute Gasteiger partial charge is 0.408 e. The number of hydrogen-bond acceptors (Lipinski definition) is 9. The first-order valence-corrected chi connectivity index (χ1v) is 16.7. The van der Waals surface area contributed by atoms with Crippen molar-refractivity contribution in [3.05, 3.63) is 23.9 Å². The van der Waals surface area contributed by atoms with Crippen LogP contribution >= 0.6 is 11.8 Å². The zero-order valence-electron chi connectivity index (χ0n) is 25.8. The molecule has 6 rings (SSSR count). The molecule has 2 aromatic rings. The second kappa shape index (κ2) is 12.3. The third kappa shape index (κ3) is 6.55. The molecule has 2 bridgehead atoms. The van der Waals surface area contributed by atoms with Gasteiger partial charge in [0.1, 0.15) is 35.7 Å². The monoisotopic (exact) mass is 626 g/mol. The number of ether oxygens (including phenoxy) is 3. The number of methoxy groups -OCH3 is 1. The SMILES string of the molecule is COc1ccc2nc3c(nc2c1)O[C@H]1CN(C(=O)[C@H](C(C)(C)CC2CS2)NC(=O)O[C@@H]2C[C@H]2CCCCC3)[C@H](C(=O)O)[C@@H]1C. The van der Waals surface area contributed by atoms with Crippen molar-refractivity contribution in [1.29, 1.82) is 0 Å². The van der Waals surface area contributed by atoms with Crippen LogP contribution < -0.4 is 14.8 Å². The molecule has 1 aliphatic carbocycles. The first-order valence-electron chi connectivity index (χ1n) is 15.7. The zero-order chi connectivity index (χ0) is 31.2. The van der Waals surface area contributed by atoms with Gasteiger partial charge in [-0.2, -0.15) is 11.8 Å². The maximum absolute atomic E-state index is 14.3. The van der Waals surface area contributed by atoms with Crippen molar-refractivity contribution in [2.75, 3.05) is 19.4 Å². The Morgan fingerprint density at radius 3 is 2.68 bits per heavy atom. The van der Waals surface area contributed by atoms with Gasteiger partial charge >= 0.3 is 12.1 Å². The van der Waals surface area contributed by atoms with Crippen molar-refractivity contribution in [2.45, 2.75) is 95.3 Å². The van der Waals surface area contributed by atoms with Crippen LogP contribution in [0.15, 0.2) is 18.2 Å². The molecule has 12 heteroatoms. The molecule has 7 atom stereocenters. The van der Waals surface area contributed by atoms with E-state index in [4.69, 9.17) is 24.2 Å². The highest BCUT2D eigenvalue weighted by Crippen LogP contribution is 2.43. The fraction of sp³-hybridized carbons (Fsp3) is 0.656. The van der Waals surface area contributed by atoms with Gasteiger partial charge in [-0.25, -0.2) is 19.6 Å². The van der Waals surface area contributed by atoms with Gasteiger partial charge in [-0.1, -0.05) is 33.6 Å². The van der Waals surface area contributed by atoms with Crippen LogP contribution in [0.3, 0.4) is 0 Å². The quantitative estimate of drug-likeness (QED) is 0.458. The summed E-state index contributed by atoms with van der Waals surface area (Å²) in [6, 6.07) is 3.43. The standard InChI is InChI=1S/C32H42N4O7S/c1-17-25-15-36(26(17)30(38)39)29(37)27(32(2,3)14-20-16-44-20)35-31(40)43-24-12-18(24)8-6-5-7-9-22-28(42-25)34-23-13-19(41-4)10-11-21(23)33-22/h10-11,13,17-18,20,24-27H,5-9,12,14-16H2,1-4H3,(H,35,40)(H,38,39)/t17-,18-,20?,24-,25+,26+,27-/m1/s1. The van der Waals surface area contributed by atoms with Crippen molar-refractivity contribution < 1.29 is 33.7 Å². The van der Waals surface area contributed by atoms with Gasteiger partial charge in [0, 0.05) is 23.0 Å². The predicted octanol–water partition coefficient (Wildman–Crippen LogP) is 4.45. The van der Waals surface area contributed by atoms with Gasteiger partial charge in [0.25, 0.3) is 0 Å². The summed E-state index contributed by atoms with van der Waals surface area (Å²) in [6.07, 6.45) is 4.59. The molecule has 0 radical (unpaired) electrons. The van der Waals surface area contributed by atoms with E-state index in [1.54, 1.807) is 20.1 Å². The minimum absolute atomic E-state index is 0.0421. The van der Waals surface area contributed by atoms with E-state index in [1.807, 2.05) is 37.7 Å². The number of hydrogen-bond donors (Lipinski definition) is 2. The molecule has 1 aromatic carbocycles. The van der Waals surface area contributed by atoms with E-state index in [1.165, 1.54) is 4.90 Å². The van der Waals surface area contributed by atoms with Gasteiger partial charge in [-0.05, 0) is 55.6 Å². The number of aryl methyl sites for hydroxylation is 1. The first kappa shape index (κ1) is 30.7. The number of alkyl carbamates (subject to hydrolysis) is 1. The number of nitrogens with one attached hydrogen (secondary N) is 1. The molecule has 2 N–H and O–H groups in total.